The number of carboxylic acids is 1. The number of nitrogens with zero attached hydrogens (tertiary/aromatic N) is 1. The number of alkyl halides is 3. The number of hydrogen-bond acceptors (Lipinski definition) is 2. The minimum Gasteiger partial charge on any atom is -0.480 e. The number of anilines is 1. The van der Waals surface area contributed by atoms with Gasteiger partial charge in [0.15, 0.2) is 0 Å². The van der Waals surface area contributed by atoms with Gasteiger partial charge in [-0.25, -0.2) is 9.18 Å². The van der Waals surface area contributed by atoms with Crippen LogP contribution in [0.3, 0.4) is 0 Å². The number of rotatable bonds is 2. The zero-order valence-electron chi connectivity index (χ0n) is 11.3. The van der Waals surface area contributed by atoms with Crippen LogP contribution in [0, 0.1) is 11.7 Å². The lowest BCUT2D eigenvalue weighted by Crippen LogP contribution is -2.49. The quantitative estimate of drug-likeness (QED) is 0.850. The fraction of sp³-hybridized carbons (Fsp3) is 0.500. The van der Waals surface area contributed by atoms with Crippen LogP contribution in [0.25, 0.3) is 0 Å². The summed E-state index contributed by atoms with van der Waals surface area (Å²) >= 11 is 0. The molecule has 2 rings (SSSR count). The second-order valence-corrected chi connectivity index (χ2v) is 5.26. The first-order chi connectivity index (χ1) is 9.71. The van der Waals surface area contributed by atoms with Gasteiger partial charge in [-0.1, -0.05) is 6.92 Å². The fourth-order valence-corrected chi connectivity index (χ4v) is 2.75. The van der Waals surface area contributed by atoms with Crippen LogP contribution in [0.4, 0.5) is 23.2 Å². The molecule has 0 spiro atoms. The number of piperidine rings is 1. The maximum Gasteiger partial charge on any atom is 0.416 e. The number of halogens is 4. The lowest BCUT2D eigenvalue weighted by Gasteiger charge is -2.39. The SMILES string of the molecule is CC1CCCN(c2ccc(C(F)(F)F)cc2F)C1C(=O)O. The normalized spacial score (nSPS) is 23.2. The molecule has 3 nitrogen and oxygen atoms in total. The number of aliphatic carboxylic acids is 1. The Morgan fingerprint density at radius 2 is 2.05 bits per heavy atom. The summed E-state index contributed by atoms with van der Waals surface area (Å²) in [6, 6.07) is 1.26. The largest absolute Gasteiger partial charge is 0.480 e. The van der Waals surface area contributed by atoms with E-state index >= 15 is 0 Å². The van der Waals surface area contributed by atoms with Gasteiger partial charge in [0.2, 0.25) is 0 Å². The molecule has 0 aromatic heterocycles. The van der Waals surface area contributed by atoms with Crippen LogP contribution < -0.4 is 4.90 Å². The molecule has 1 N–H and O–H groups in total. The molecule has 1 saturated heterocycles. The first-order valence-corrected chi connectivity index (χ1v) is 6.58. The molecule has 0 amide bonds. The van der Waals surface area contributed by atoms with Gasteiger partial charge in [-0.3, -0.25) is 0 Å². The maximum absolute atomic E-state index is 14.0. The van der Waals surface area contributed by atoms with Crippen molar-refractivity contribution in [2.45, 2.75) is 32.0 Å². The molecule has 1 fully saturated rings. The Kier molecular flexibility index (Phi) is 4.11. The summed E-state index contributed by atoms with van der Waals surface area (Å²) in [5.74, 6) is -2.34. The lowest BCUT2D eigenvalue weighted by atomic mass is 9.90. The second-order valence-electron chi connectivity index (χ2n) is 5.26. The van der Waals surface area contributed by atoms with E-state index in [0.717, 1.165) is 12.1 Å². The van der Waals surface area contributed by atoms with E-state index in [2.05, 4.69) is 0 Å². The highest BCUT2D eigenvalue weighted by Gasteiger charge is 2.37. The van der Waals surface area contributed by atoms with Crippen molar-refractivity contribution in [3.63, 3.8) is 0 Å². The van der Waals surface area contributed by atoms with Gasteiger partial charge in [0.1, 0.15) is 11.9 Å². The molecule has 1 aliphatic rings. The van der Waals surface area contributed by atoms with Crippen LogP contribution >= 0.6 is 0 Å². The average Bonchev–Trinajstić information content (AvgIpc) is 2.36. The van der Waals surface area contributed by atoms with Crippen molar-refractivity contribution in [3.05, 3.63) is 29.6 Å². The van der Waals surface area contributed by atoms with E-state index in [4.69, 9.17) is 0 Å². The molecule has 1 heterocycles. The zero-order chi connectivity index (χ0) is 15.8. The van der Waals surface area contributed by atoms with Gasteiger partial charge in [-0.05, 0) is 37.0 Å². The van der Waals surface area contributed by atoms with Crippen LogP contribution in [0.2, 0.25) is 0 Å². The summed E-state index contributed by atoms with van der Waals surface area (Å²) in [6.07, 6.45) is -3.26. The molecule has 1 aromatic carbocycles. The molecule has 0 saturated carbocycles. The van der Waals surface area contributed by atoms with E-state index in [1.165, 1.54) is 4.90 Å². The number of carboxylic acid groups (broad SMARTS) is 1. The van der Waals surface area contributed by atoms with Crippen LogP contribution in [0.15, 0.2) is 18.2 Å². The molecule has 2 atom stereocenters. The topological polar surface area (TPSA) is 40.5 Å². The molecule has 0 radical (unpaired) electrons. The number of hydrogen-bond donors (Lipinski definition) is 1. The van der Waals surface area contributed by atoms with E-state index in [9.17, 15) is 27.5 Å². The third kappa shape index (κ3) is 3.11. The molecule has 7 heteroatoms. The van der Waals surface area contributed by atoms with Crippen molar-refractivity contribution >= 4 is 11.7 Å². The van der Waals surface area contributed by atoms with Gasteiger partial charge < -0.3 is 10.0 Å². The van der Waals surface area contributed by atoms with Crippen LogP contribution in [-0.4, -0.2) is 23.7 Å². The zero-order valence-corrected chi connectivity index (χ0v) is 11.3. The molecule has 116 valence electrons. The van der Waals surface area contributed by atoms with Gasteiger partial charge in [-0.2, -0.15) is 13.2 Å². The molecular formula is C14H15F4NO2. The predicted octanol–water partition coefficient (Wildman–Crippen LogP) is 3.53. The lowest BCUT2D eigenvalue weighted by molar-refractivity contribution is -0.140. The van der Waals surface area contributed by atoms with E-state index in [0.29, 0.717) is 25.5 Å². The van der Waals surface area contributed by atoms with Gasteiger partial charge in [0.05, 0.1) is 11.3 Å². The van der Waals surface area contributed by atoms with Gasteiger partial charge in [-0.15, -0.1) is 0 Å². The summed E-state index contributed by atoms with van der Waals surface area (Å²) in [7, 11) is 0. The average molecular weight is 305 g/mol. The van der Waals surface area contributed by atoms with Crippen molar-refractivity contribution in [2.24, 2.45) is 5.92 Å². The Morgan fingerprint density at radius 1 is 1.38 bits per heavy atom. The standard InChI is InChI=1S/C14H15F4NO2/c1-8-3-2-6-19(12(8)13(20)21)11-5-4-9(7-10(11)15)14(16,17)18/h4-5,7-8,12H,2-3,6H2,1H3,(H,20,21). The fourth-order valence-electron chi connectivity index (χ4n) is 2.75. The van der Waals surface area contributed by atoms with Crippen molar-refractivity contribution < 1.29 is 27.5 Å². The molecule has 2 unspecified atom stereocenters. The van der Waals surface area contributed by atoms with Gasteiger partial charge in [0.25, 0.3) is 0 Å². The Hall–Kier alpha value is -1.79. The molecule has 21 heavy (non-hydrogen) atoms. The van der Waals surface area contributed by atoms with Crippen LogP contribution in [0.5, 0.6) is 0 Å². The molecule has 0 aliphatic carbocycles. The summed E-state index contributed by atoms with van der Waals surface area (Å²) in [4.78, 5) is 12.7. The van der Waals surface area contributed by atoms with Crippen molar-refractivity contribution in [1.29, 1.82) is 0 Å². The summed E-state index contributed by atoms with van der Waals surface area (Å²) in [5.41, 5.74) is -1.18. The van der Waals surface area contributed by atoms with E-state index in [1.54, 1.807) is 6.92 Å². The van der Waals surface area contributed by atoms with Gasteiger partial charge in [0, 0.05) is 6.54 Å². The van der Waals surface area contributed by atoms with E-state index < -0.39 is 29.6 Å². The summed E-state index contributed by atoms with van der Waals surface area (Å²) < 4.78 is 51.6. The first kappa shape index (κ1) is 15.6. The van der Waals surface area contributed by atoms with Crippen molar-refractivity contribution in [2.75, 3.05) is 11.4 Å². The highest BCUT2D eigenvalue weighted by atomic mass is 19.4. The molecule has 0 bridgehead atoms. The molecular weight excluding hydrogens is 290 g/mol. The van der Waals surface area contributed by atoms with Crippen LogP contribution in [0.1, 0.15) is 25.3 Å². The number of carbonyl (C=O) groups is 1. The van der Waals surface area contributed by atoms with Crippen molar-refractivity contribution in [3.8, 4) is 0 Å². The molecule has 1 aliphatic heterocycles. The molecule has 1 aromatic rings. The number of benzene rings is 1. The smallest absolute Gasteiger partial charge is 0.416 e. The Bertz CT molecular complexity index is 544. The third-order valence-corrected chi connectivity index (χ3v) is 3.77. The Labute approximate surface area is 119 Å². The van der Waals surface area contributed by atoms with Crippen molar-refractivity contribution in [1.82, 2.24) is 0 Å². The second kappa shape index (κ2) is 5.54. The Morgan fingerprint density at radius 3 is 2.57 bits per heavy atom. The third-order valence-electron chi connectivity index (χ3n) is 3.77. The summed E-state index contributed by atoms with van der Waals surface area (Å²) in [6.45, 7) is 2.05. The highest BCUT2D eigenvalue weighted by molar-refractivity contribution is 5.79. The maximum atomic E-state index is 14.0. The Balaban J connectivity index is 2.38. The van der Waals surface area contributed by atoms with E-state index in [1.807, 2.05) is 0 Å². The van der Waals surface area contributed by atoms with Gasteiger partial charge >= 0.3 is 12.1 Å². The minimum atomic E-state index is -4.62. The predicted molar refractivity (Wildman–Crippen MR) is 68.6 cm³/mol. The minimum absolute atomic E-state index is 0.0954. The van der Waals surface area contributed by atoms with Crippen LogP contribution in [-0.2, 0) is 11.0 Å². The highest BCUT2D eigenvalue weighted by Crippen LogP contribution is 2.35. The first-order valence-electron chi connectivity index (χ1n) is 6.58. The monoisotopic (exact) mass is 305 g/mol. The van der Waals surface area contributed by atoms with E-state index in [-0.39, 0.29) is 11.6 Å². The summed E-state index contributed by atoms with van der Waals surface area (Å²) in [5, 5.41) is 9.27.